The number of carbonyl (C=O) groups excluding carboxylic acids is 1. The highest BCUT2D eigenvalue weighted by atomic mass is 16.1. The first-order valence-corrected chi connectivity index (χ1v) is 11.0. The van der Waals surface area contributed by atoms with E-state index in [0.29, 0.717) is 17.7 Å². The highest BCUT2D eigenvalue weighted by Gasteiger charge is 2.30. The van der Waals surface area contributed by atoms with Crippen LogP contribution in [-0.2, 0) is 6.54 Å². The molecule has 1 aliphatic carbocycles. The molecule has 0 atom stereocenters. The van der Waals surface area contributed by atoms with Gasteiger partial charge in [-0.05, 0) is 55.2 Å². The van der Waals surface area contributed by atoms with E-state index in [2.05, 4.69) is 30.9 Å². The Morgan fingerprint density at radius 3 is 2.75 bits per heavy atom. The number of nitrogens with one attached hydrogen (secondary N) is 2. The highest BCUT2D eigenvalue weighted by molar-refractivity contribution is 5.94. The van der Waals surface area contributed by atoms with E-state index in [1.54, 1.807) is 13.1 Å². The van der Waals surface area contributed by atoms with Gasteiger partial charge in [-0.2, -0.15) is 0 Å². The summed E-state index contributed by atoms with van der Waals surface area (Å²) >= 11 is 0. The van der Waals surface area contributed by atoms with Crippen LogP contribution in [0.25, 0.3) is 22.1 Å². The molecule has 5 heterocycles. The molecule has 1 saturated heterocycles. The van der Waals surface area contributed by atoms with Crippen LogP contribution in [0.4, 0.5) is 0 Å². The van der Waals surface area contributed by atoms with Crippen molar-refractivity contribution in [3.8, 4) is 0 Å². The Labute approximate surface area is 184 Å². The molecular formula is C24H24N6O2. The maximum atomic E-state index is 12.2. The van der Waals surface area contributed by atoms with E-state index < -0.39 is 0 Å². The molecule has 1 aliphatic heterocycles. The fourth-order valence-corrected chi connectivity index (χ4v) is 4.62. The second kappa shape index (κ2) is 7.27. The third-order valence-corrected chi connectivity index (χ3v) is 6.55. The lowest BCUT2D eigenvalue weighted by Gasteiger charge is -2.40. The molecular weight excluding hydrogens is 404 g/mol. The summed E-state index contributed by atoms with van der Waals surface area (Å²) in [4.78, 5) is 38.7. The molecule has 0 radical (unpaired) electrons. The van der Waals surface area contributed by atoms with Crippen molar-refractivity contribution in [3.63, 3.8) is 0 Å². The zero-order chi connectivity index (χ0) is 21.8. The molecule has 2 aliphatic rings. The van der Waals surface area contributed by atoms with Crippen molar-refractivity contribution in [1.82, 2.24) is 29.7 Å². The fourth-order valence-electron chi connectivity index (χ4n) is 4.62. The summed E-state index contributed by atoms with van der Waals surface area (Å²) < 4.78 is 2.24. The molecule has 8 nitrogen and oxygen atoms in total. The SMILES string of the molecule is CNC(=O)c1ccc2c(ccn2C2CN(Cc3ccc4[nH]c(=O)c(C5CC5)cc4n3)C2)n1. The third-order valence-electron chi connectivity index (χ3n) is 6.55. The molecule has 1 amide bonds. The van der Waals surface area contributed by atoms with Gasteiger partial charge >= 0.3 is 0 Å². The Morgan fingerprint density at radius 1 is 1.12 bits per heavy atom. The van der Waals surface area contributed by atoms with Gasteiger partial charge in [-0.15, -0.1) is 0 Å². The van der Waals surface area contributed by atoms with Crippen molar-refractivity contribution < 1.29 is 4.79 Å². The maximum absolute atomic E-state index is 12.2. The molecule has 4 aromatic rings. The van der Waals surface area contributed by atoms with E-state index >= 15 is 0 Å². The Balaban J connectivity index is 1.16. The van der Waals surface area contributed by atoms with Crippen molar-refractivity contribution >= 4 is 28.0 Å². The number of likely N-dealkylation sites (tertiary alicyclic amines) is 1. The number of aromatic amines is 1. The largest absolute Gasteiger partial charge is 0.354 e. The quantitative estimate of drug-likeness (QED) is 0.509. The fraction of sp³-hybridized carbons (Fsp3) is 0.333. The minimum atomic E-state index is -0.175. The van der Waals surface area contributed by atoms with Gasteiger partial charge in [0, 0.05) is 38.4 Å². The zero-order valence-corrected chi connectivity index (χ0v) is 17.8. The molecule has 2 fully saturated rings. The number of fused-ring (bicyclic) bond motifs is 2. The minimum Gasteiger partial charge on any atom is -0.354 e. The second-order valence-electron chi connectivity index (χ2n) is 8.81. The van der Waals surface area contributed by atoms with Gasteiger partial charge in [-0.3, -0.25) is 14.5 Å². The minimum absolute atomic E-state index is 0.0241. The van der Waals surface area contributed by atoms with Gasteiger partial charge in [0.1, 0.15) is 5.69 Å². The Kier molecular flexibility index (Phi) is 4.36. The average Bonchev–Trinajstić information content (AvgIpc) is 3.54. The number of nitrogens with zero attached hydrogens (tertiary/aromatic N) is 4. The third kappa shape index (κ3) is 3.27. The second-order valence-corrected chi connectivity index (χ2v) is 8.81. The van der Waals surface area contributed by atoms with E-state index in [9.17, 15) is 9.59 Å². The molecule has 8 heteroatoms. The molecule has 2 N–H and O–H groups in total. The van der Waals surface area contributed by atoms with Crippen LogP contribution in [0.3, 0.4) is 0 Å². The molecule has 32 heavy (non-hydrogen) atoms. The number of pyridine rings is 3. The van der Waals surface area contributed by atoms with Crippen molar-refractivity contribution in [2.24, 2.45) is 0 Å². The molecule has 162 valence electrons. The predicted octanol–water partition coefficient (Wildman–Crippen LogP) is 2.57. The number of carbonyl (C=O) groups is 1. The van der Waals surface area contributed by atoms with Crippen molar-refractivity contribution in [3.05, 3.63) is 69.9 Å². The number of aromatic nitrogens is 4. The van der Waals surface area contributed by atoms with Crippen LogP contribution < -0.4 is 10.9 Å². The van der Waals surface area contributed by atoms with Crippen LogP contribution in [-0.4, -0.2) is 50.5 Å². The molecule has 1 saturated carbocycles. The van der Waals surface area contributed by atoms with Crippen LogP contribution >= 0.6 is 0 Å². The summed E-state index contributed by atoms with van der Waals surface area (Å²) in [5.41, 5.74) is 5.89. The van der Waals surface area contributed by atoms with Crippen molar-refractivity contribution in [2.75, 3.05) is 20.1 Å². The summed E-state index contributed by atoms with van der Waals surface area (Å²) in [6.45, 7) is 2.64. The van der Waals surface area contributed by atoms with Gasteiger partial charge in [0.2, 0.25) is 0 Å². The lowest BCUT2D eigenvalue weighted by Crippen LogP contribution is -2.46. The van der Waals surface area contributed by atoms with Gasteiger partial charge in [-0.25, -0.2) is 9.97 Å². The molecule has 0 unspecified atom stereocenters. The van der Waals surface area contributed by atoms with Gasteiger partial charge in [0.15, 0.2) is 0 Å². The first kappa shape index (κ1) is 19.2. The first-order chi connectivity index (χ1) is 15.6. The predicted molar refractivity (Wildman–Crippen MR) is 122 cm³/mol. The molecule has 0 spiro atoms. The monoisotopic (exact) mass is 428 g/mol. The van der Waals surface area contributed by atoms with Crippen LogP contribution in [0.15, 0.2) is 47.4 Å². The van der Waals surface area contributed by atoms with Crippen LogP contribution in [0, 0.1) is 0 Å². The maximum Gasteiger partial charge on any atom is 0.269 e. The van der Waals surface area contributed by atoms with E-state index in [1.807, 2.05) is 30.3 Å². The van der Waals surface area contributed by atoms with Crippen molar-refractivity contribution in [1.29, 1.82) is 0 Å². The van der Waals surface area contributed by atoms with Gasteiger partial charge in [-0.1, -0.05) is 0 Å². The topological polar surface area (TPSA) is 95.9 Å². The lowest BCUT2D eigenvalue weighted by molar-refractivity contribution is 0.0958. The Hall–Kier alpha value is -3.52. The zero-order valence-electron chi connectivity index (χ0n) is 17.8. The van der Waals surface area contributed by atoms with Gasteiger partial charge < -0.3 is 14.9 Å². The summed E-state index contributed by atoms with van der Waals surface area (Å²) in [5.74, 6) is 0.230. The van der Waals surface area contributed by atoms with Crippen LogP contribution in [0.5, 0.6) is 0 Å². The summed E-state index contributed by atoms with van der Waals surface area (Å²) in [7, 11) is 1.61. The van der Waals surface area contributed by atoms with Crippen LogP contribution in [0.1, 0.15) is 46.5 Å². The highest BCUT2D eigenvalue weighted by Crippen LogP contribution is 2.38. The normalized spacial score (nSPS) is 17.0. The van der Waals surface area contributed by atoms with Gasteiger partial charge in [0.05, 0.1) is 33.8 Å². The summed E-state index contributed by atoms with van der Waals surface area (Å²) in [5, 5.41) is 2.61. The number of rotatable bonds is 5. The van der Waals surface area contributed by atoms with E-state index in [1.165, 1.54) is 0 Å². The van der Waals surface area contributed by atoms with E-state index in [-0.39, 0.29) is 11.5 Å². The standard InChI is InChI=1S/C24H24N6O2/c1-25-24(32)20-6-7-22-19(27-20)8-9-30(22)16-12-29(13-16)11-15-4-5-18-21(26-15)10-17(14-2-3-14)23(31)28-18/h4-10,14,16H,2-3,11-13H2,1H3,(H,25,32)(H,28,31). The number of amides is 1. The number of H-pyrrole nitrogens is 1. The molecule has 0 aromatic carbocycles. The van der Waals surface area contributed by atoms with E-state index in [0.717, 1.165) is 65.8 Å². The average molecular weight is 428 g/mol. The summed E-state index contributed by atoms with van der Waals surface area (Å²) in [6.07, 6.45) is 4.25. The van der Waals surface area contributed by atoms with Gasteiger partial charge in [0.25, 0.3) is 11.5 Å². The molecule has 6 rings (SSSR count). The van der Waals surface area contributed by atoms with Crippen LogP contribution in [0.2, 0.25) is 0 Å². The lowest BCUT2D eigenvalue weighted by atomic mass is 10.1. The first-order valence-electron chi connectivity index (χ1n) is 11.0. The van der Waals surface area contributed by atoms with Crippen molar-refractivity contribution in [2.45, 2.75) is 31.3 Å². The number of hydrogen-bond donors (Lipinski definition) is 2. The number of hydrogen-bond acceptors (Lipinski definition) is 5. The molecule has 0 bridgehead atoms. The Bertz CT molecular complexity index is 1410. The van der Waals surface area contributed by atoms with E-state index in [4.69, 9.17) is 4.98 Å². The Morgan fingerprint density at radius 2 is 1.97 bits per heavy atom. The smallest absolute Gasteiger partial charge is 0.269 e. The summed E-state index contributed by atoms with van der Waals surface area (Å²) in [6, 6.07) is 12.0. The molecule has 4 aromatic heterocycles.